The summed E-state index contributed by atoms with van der Waals surface area (Å²) in [7, 11) is 1.34. The van der Waals surface area contributed by atoms with Crippen LogP contribution in [0.1, 0.15) is 11.3 Å². The normalized spacial score (nSPS) is 11.1. The number of aromatic nitrogens is 4. The highest BCUT2D eigenvalue weighted by Gasteiger charge is 2.35. The quantitative estimate of drug-likeness (QED) is 0.900. The van der Waals surface area contributed by atoms with Crippen LogP contribution in [-0.4, -0.2) is 26.8 Å². The van der Waals surface area contributed by atoms with Crippen LogP contribution < -0.4 is 10.6 Å². The summed E-state index contributed by atoms with van der Waals surface area (Å²) >= 11 is 0. The molecule has 2 heterocycles. The Morgan fingerprint density at radius 2 is 2.14 bits per heavy atom. The van der Waals surface area contributed by atoms with E-state index in [0.29, 0.717) is 17.6 Å². The van der Waals surface area contributed by atoms with Gasteiger partial charge in [0, 0.05) is 13.2 Å². The Hall–Kier alpha value is -2.83. The largest absolute Gasteiger partial charge is 0.421 e. The van der Waals surface area contributed by atoms with Crippen LogP contribution in [0.15, 0.2) is 12.4 Å². The highest BCUT2D eigenvalue weighted by atomic mass is 19.4. The fourth-order valence-corrected chi connectivity index (χ4v) is 1.75. The van der Waals surface area contributed by atoms with Gasteiger partial charge in [-0.2, -0.15) is 28.5 Å². The molecule has 0 atom stereocenters. The first-order valence-corrected chi connectivity index (χ1v) is 6.15. The topological polar surface area (TPSA) is 91.5 Å². The number of alkyl halides is 3. The Bertz CT molecular complexity index is 714. The molecule has 0 saturated carbocycles. The number of hydrogen-bond acceptors (Lipinski definition) is 6. The summed E-state index contributed by atoms with van der Waals surface area (Å²) in [6.07, 6.45) is -2.28. The Balaban J connectivity index is 2.29. The van der Waals surface area contributed by atoms with Gasteiger partial charge in [-0.05, 0) is 6.92 Å². The maximum absolute atomic E-state index is 12.8. The van der Waals surface area contributed by atoms with E-state index in [4.69, 9.17) is 5.26 Å². The third-order valence-electron chi connectivity index (χ3n) is 2.76. The lowest BCUT2D eigenvalue weighted by Crippen LogP contribution is -2.12. The van der Waals surface area contributed by atoms with E-state index in [0.717, 1.165) is 0 Å². The van der Waals surface area contributed by atoms with Crippen LogP contribution in [0, 0.1) is 18.3 Å². The van der Waals surface area contributed by atoms with Crippen molar-refractivity contribution in [2.24, 2.45) is 0 Å². The average Bonchev–Trinajstić information content (AvgIpc) is 2.78. The highest BCUT2D eigenvalue weighted by molar-refractivity contribution is 5.57. The zero-order valence-corrected chi connectivity index (χ0v) is 11.7. The van der Waals surface area contributed by atoms with Crippen molar-refractivity contribution in [1.29, 1.82) is 5.26 Å². The Morgan fingerprint density at radius 3 is 2.73 bits per heavy atom. The van der Waals surface area contributed by atoms with E-state index in [1.54, 1.807) is 13.1 Å². The van der Waals surface area contributed by atoms with Crippen LogP contribution in [0.4, 0.5) is 30.6 Å². The van der Waals surface area contributed by atoms with E-state index in [9.17, 15) is 13.2 Å². The molecule has 0 fully saturated rings. The smallest absolute Gasteiger partial charge is 0.372 e. The molecule has 0 aliphatic rings. The molecule has 0 unspecified atom stereocenters. The zero-order valence-electron chi connectivity index (χ0n) is 11.7. The monoisotopic (exact) mass is 311 g/mol. The van der Waals surface area contributed by atoms with Crippen molar-refractivity contribution in [2.75, 3.05) is 17.7 Å². The van der Waals surface area contributed by atoms with Gasteiger partial charge in [-0.3, -0.25) is 4.68 Å². The number of nitriles is 1. The molecule has 2 aromatic heterocycles. The molecular formula is C12H12F3N7. The average molecular weight is 311 g/mol. The number of nitrogens with one attached hydrogen (secondary N) is 2. The molecule has 2 rings (SSSR count). The SMILES string of the molecule is CNc1nc(Nc2cn(CC#N)nc2C)ncc1C(F)(F)F. The van der Waals surface area contributed by atoms with Crippen LogP contribution in [0.25, 0.3) is 0 Å². The molecule has 116 valence electrons. The minimum atomic E-state index is -4.54. The van der Waals surface area contributed by atoms with Crippen LogP contribution in [0.3, 0.4) is 0 Å². The van der Waals surface area contributed by atoms with Crippen LogP contribution in [-0.2, 0) is 12.7 Å². The van der Waals surface area contributed by atoms with E-state index < -0.39 is 11.7 Å². The Morgan fingerprint density at radius 1 is 1.41 bits per heavy atom. The van der Waals surface area contributed by atoms with Crippen molar-refractivity contribution in [3.05, 3.63) is 23.7 Å². The third kappa shape index (κ3) is 3.25. The number of hydrogen-bond donors (Lipinski definition) is 2. The number of anilines is 3. The molecule has 10 heteroatoms. The van der Waals surface area contributed by atoms with Gasteiger partial charge in [-0.25, -0.2) is 4.98 Å². The molecular weight excluding hydrogens is 299 g/mol. The molecule has 0 radical (unpaired) electrons. The van der Waals surface area contributed by atoms with Gasteiger partial charge in [-0.15, -0.1) is 0 Å². The minimum absolute atomic E-state index is 0.00282. The number of rotatable bonds is 4. The standard InChI is InChI=1S/C12H12F3N7/c1-7-9(6-22(21-7)4-3-16)19-11-18-5-8(12(13,14)15)10(17-2)20-11/h5-6H,4H2,1-2H3,(H2,17,18,19,20). The summed E-state index contributed by atoms with van der Waals surface area (Å²) in [6, 6.07) is 1.94. The minimum Gasteiger partial charge on any atom is -0.372 e. The first kappa shape index (κ1) is 15.6. The lowest BCUT2D eigenvalue weighted by Gasteiger charge is -2.12. The zero-order chi connectivity index (χ0) is 16.3. The van der Waals surface area contributed by atoms with Gasteiger partial charge < -0.3 is 10.6 Å². The molecule has 0 bridgehead atoms. The molecule has 0 spiro atoms. The second kappa shape index (κ2) is 5.88. The van der Waals surface area contributed by atoms with Crippen LogP contribution in [0.2, 0.25) is 0 Å². The summed E-state index contributed by atoms with van der Waals surface area (Å²) < 4.78 is 39.7. The Labute approximate surface area is 123 Å². The van der Waals surface area contributed by atoms with Crippen molar-refractivity contribution >= 4 is 17.5 Å². The second-order valence-electron chi connectivity index (χ2n) is 4.31. The van der Waals surface area contributed by atoms with Gasteiger partial charge in [-0.1, -0.05) is 0 Å². The summed E-state index contributed by atoms with van der Waals surface area (Å²) in [5, 5.41) is 17.9. The second-order valence-corrected chi connectivity index (χ2v) is 4.31. The first-order chi connectivity index (χ1) is 10.3. The van der Waals surface area contributed by atoms with Crippen molar-refractivity contribution in [3.8, 4) is 6.07 Å². The third-order valence-corrected chi connectivity index (χ3v) is 2.76. The molecule has 0 saturated heterocycles. The summed E-state index contributed by atoms with van der Waals surface area (Å²) in [6.45, 7) is 1.76. The van der Waals surface area contributed by atoms with Gasteiger partial charge in [0.25, 0.3) is 0 Å². The van der Waals surface area contributed by atoms with Gasteiger partial charge >= 0.3 is 6.18 Å². The summed E-state index contributed by atoms with van der Waals surface area (Å²) in [5.74, 6) is -0.330. The molecule has 0 aliphatic carbocycles. The number of aryl methyl sites for hydroxylation is 1. The summed E-state index contributed by atoms with van der Waals surface area (Å²) in [4.78, 5) is 7.46. The van der Waals surface area contributed by atoms with E-state index in [2.05, 4.69) is 25.7 Å². The lowest BCUT2D eigenvalue weighted by molar-refractivity contribution is -0.137. The van der Waals surface area contributed by atoms with Crippen molar-refractivity contribution in [1.82, 2.24) is 19.7 Å². The van der Waals surface area contributed by atoms with Gasteiger partial charge in [0.15, 0.2) is 0 Å². The Kier molecular flexibility index (Phi) is 4.16. The summed E-state index contributed by atoms with van der Waals surface area (Å²) in [5.41, 5.74) is 0.138. The van der Waals surface area contributed by atoms with Crippen molar-refractivity contribution in [3.63, 3.8) is 0 Å². The fourth-order valence-electron chi connectivity index (χ4n) is 1.75. The first-order valence-electron chi connectivity index (χ1n) is 6.15. The van der Waals surface area contributed by atoms with E-state index in [1.165, 1.54) is 11.7 Å². The van der Waals surface area contributed by atoms with Gasteiger partial charge in [0.1, 0.15) is 17.9 Å². The van der Waals surface area contributed by atoms with E-state index in [-0.39, 0.29) is 18.3 Å². The molecule has 2 aromatic rings. The molecule has 0 aromatic carbocycles. The van der Waals surface area contributed by atoms with Gasteiger partial charge in [0.05, 0.1) is 23.6 Å². The van der Waals surface area contributed by atoms with Crippen molar-refractivity contribution < 1.29 is 13.2 Å². The molecule has 0 aliphatic heterocycles. The predicted molar refractivity (Wildman–Crippen MR) is 72.4 cm³/mol. The molecule has 0 amide bonds. The maximum Gasteiger partial charge on any atom is 0.421 e. The molecule has 2 N–H and O–H groups in total. The molecule has 22 heavy (non-hydrogen) atoms. The lowest BCUT2D eigenvalue weighted by atomic mass is 10.3. The number of nitrogens with zero attached hydrogens (tertiary/aromatic N) is 5. The predicted octanol–water partition coefficient (Wildman–Crippen LogP) is 2.31. The van der Waals surface area contributed by atoms with Crippen molar-refractivity contribution in [2.45, 2.75) is 19.6 Å². The number of halogens is 3. The highest BCUT2D eigenvalue weighted by Crippen LogP contribution is 2.33. The van der Waals surface area contributed by atoms with Crippen LogP contribution in [0.5, 0.6) is 0 Å². The van der Waals surface area contributed by atoms with E-state index >= 15 is 0 Å². The maximum atomic E-state index is 12.8. The van der Waals surface area contributed by atoms with Gasteiger partial charge in [0.2, 0.25) is 5.95 Å². The fraction of sp³-hybridized carbons (Fsp3) is 0.333. The molecule has 7 nitrogen and oxygen atoms in total. The van der Waals surface area contributed by atoms with E-state index in [1.807, 2.05) is 6.07 Å². The van der Waals surface area contributed by atoms with Crippen LogP contribution >= 0.6 is 0 Å².